The van der Waals surface area contributed by atoms with E-state index in [1.165, 1.54) is 11.0 Å². The summed E-state index contributed by atoms with van der Waals surface area (Å²) in [6.07, 6.45) is 4.12. The normalized spacial score (nSPS) is 13.7. The van der Waals surface area contributed by atoms with Gasteiger partial charge in [0.15, 0.2) is 0 Å². The minimum atomic E-state index is -4.82. The number of hydrogen-bond acceptors (Lipinski definition) is 11. The summed E-state index contributed by atoms with van der Waals surface area (Å²) in [5, 5.41) is 29.3. The number of aromatic nitrogens is 5. The Balaban J connectivity index is 0.756. The van der Waals surface area contributed by atoms with E-state index in [4.69, 9.17) is 9.47 Å². The summed E-state index contributed by atoms with van der Waals surface area (Å²) < 4.78 is 66.8. The fraction of sp³-hybridized carbons (Fsp3) is 0.360. The van der Waals surface area contributed by atoms with Crippen LogP contribution in [-0.2, 0) is 43.5 Å². The summed E-state index contributed by atoms with van der Waals surface area (Å²) in [6, 6.07) is 22.8. The van der Waals surface area contributed by atoms with E-state index in [0.29, 0.717) is 67.6 Å². The number of fused-ring (bicyclic) bond motifs is 1. The molecule has 0 saturated heterocycles. The number of aromatic amines is 1. The second-order valence-electron chi connectivity index (χ2n) is 16.7. The highest BCUT2D eigenvalue weighted by molar-refractivity contribution is 7.99. The Labute approximate surface area is 406 Å². The molecule has 3 heterocycles. The van der Waals surface area contributed by atoms with Crippen LogP contribution in [0.5, 0.6) is 11.5 Å². The van der Waals surface area contributed by atoms with Gasteiger partial charge < -0.3 is 35.4 Å². The zero-order valence-electron chi connectivity index (χ0n) is 38.6. The number of amides is 3. The number of para-hydroxylation sites is 2. The molecule has 0 radical (unpaired) electrons. The number of carbonyl (C=O) groups excluding carboxylic acids is 3. The Morgan fingerprint density at radius 3 is 2.56 bits per heavy atom. The Morgan fingerprint density at radius 1 is 0.943 bits per heavy atom. The standard InChI is InChI=1S/C50H55F4N9O6S/c1-62-42-10-3-4-11-44(42)69-32-41(49(62)67)58-48(66)46-59-45(60-61-46)27-34-12-16-38(17-13-34)70-24-8-2-7-22-63-30-37(29-57-63)47(65)56-20-6-5-9-33-15-19-43(36(25-33)28-55-21-23-64)68-31-35-14-18-40(51)39(26-35)50(52,53)54/h3-4,10-19,25-26,29-30,41,55,64H,2,5-9,20-24,27-28,31-32H2,1H3,(H,56,65)(H,58,66)(H,59,60,61)/t41-/m0/s1. The van der Waals surface area contributed by atoms with Crippen LogP contribution in [0.4, 0.5) is 23.2 Å². The lowest BCUT2D eigenvalue weighted by Gasteiger charge is -2.19. The Morgan fingerprint density at radius 2 is 1.74 bits per heavy atom. The summed E-state index contributed by atoms with van der Waals surface area (Å²) in [5.41, 5.74) is 2.74. The van der Waals surface area contributed by atoms with Crippen LogP contribution >= 0.6 is 11.8 Å². The summed E-state index contributed by atoms with van der Waals surface area (Å²) >= 11 is 1.77. The number of nitrogens with zero attached hydrogens (tertiary/aromatic N) is 5. The average molecular weight is 986 g/mol. The third-order valence-corrected chi connectivity index (χ3v) is 12.5. The number of ether oxygens (including phenoxy) is 2. The molecule has 4 aromatic carbocycles. The van der Waals surface area contributed by atoms with Gasteiger partial charge in [-0.1, -0.05) is 48.9 Å². The van der Waals surface area contributed by atoms with Crippen molar-refractivity contribution in [1.82, 2.24) is 40.9 Å². The molecule has 370 valence electrons. The molecule has 70 heavy (non-hydrogen) atoms. The molecule has 1 atom stereocenters. The van der Waals surface area contributed by atoms with Crippen molar-refractivity contribution in [3.8, 4) is 11.5 Å². The van der Waals surface area contributed by atoms with Crippen molar-refractivity contribution in [2.45, 2.75) is 81.8 Å². The lowest BCUT2D eigenvalue weighted by molar-refractivity contribution is -0.140. The number of aliphatic hydroxyl groups is 1. The molecular formula is C50H55F4N9O6S. The van der Waals surface area contributed by atoms with E-state index in [0.717, 1.165) is 71.6 Å². The van der Waals surface area contributed by atoms with E-state index in [-0.39, 0.29) is 43.0 Å². The maximum absolute atomic E-state index is 13.8. The lowest BCUT2D eigenvalue weighted by atomic mass is 10.0. The summed E-state index contributed by atoms with van der Waals surface area (Å²) in [5.74, 6) is 0.0285. The second kappa shape index (κ2) is 24.7. The van der Waals surface area contributed by atoms with Crippen molar-refractivity contribution < 1.29 is 46.5 Å². The topological polar surface area (TPSA) is 189 Å². The van der Waals surface area contributed by atoms with E-state index in [1.807, 2.05) is 36.4 Å². The van der Waals surface area contributed by atoms with Crippen molar-refractivity contribution in [3.05, 3.63) is 148 Å². The van der Waals surface area contributed by atoms with Crippen LogP contribution < -0.4 is 30.3 Å². The van der Waals surface area contributed by atoms with E-state index >= 15 is 0 Å². The molecule has 0 saturated carbocycles. The van der Waals surface area contributed by atoms with Crippen LogP contribution in [0.3, 0.4) is 0 Å². The maximum Gasteiger partial charge on any atom is 0.419 e. The fourth-order valence-electron chi connectivity index (χ4n) is 7.67. The number of aryl methyl sites for hydroxylation is 2. The summed E-state index contributed by atoms with van der Waals surface area (Å²) in [7, 11) is 1.64. The van der Waals surface area contributed by atoms with Crippen LogP contribution in [0, 0.1) is 5.82 Å². The van der Waals surface area contributed by atoms with Crippen molar-refractivity contribution in [3.63, 3.8) is 0 Å². The molecule has 0 bridgehead atoms. The van der Waals surface area contributed by atoms with Gasteiger partial charge in [0.1, 0.15) is 42.4 Å². The van der Waals surface area contributed by atoms with Crippen LogP contribution in [-0.4, -0.2) is 92.9 Å². The van der Waals surface area contributed by atoms with Gasteiger partial charge in [0.2, 0.25) is 5.82 Å². The number of unbranched alkanes of at least 4 members (excludes halogenated alkanes) is 3. The van der Waals surface area contributed by atoms with Gasteiger partial charge in [0, 0.05) is 56.3 Å². The molecule has 0 unspecified atom stereocenters. The molecule has 7 rings (SSSR count). The highest BCUT2D eigenvalue weighted by Gasteiger charge is 2.34. The molecule has 0 spiro atoms. The number of thioether (sulfide) groups is 1. The van der Waals surface area contributed by atoms with Crippen molar-refractivity contribution in [2.24, 2.45) is 0 Å². The average Bonchev–Trinajstić information content (AvgIpc) is 4.02. The zero-order valence-corrected chi connectivity index (χ0v) is 39.4. The molecule has 2 aromatic heterocycles. The van der Waals surface area contributed by atoms with Gasteiger partial charge in [-0.3, -0.25) is 24.2 Å². The van der Waals surface area contributed by atoms with Gasteiger partial charge >= 0.3 is 6.18 Å². The van der Waals surface area contributed by atoms with Crippen LogP contribution in [0.2, 0.25) is 0 Å². The minimum Gasteiger partial charge on any atom is -0.489 e. The number of likely N-dealkylation sites (N-methyl/N-ethyl adjacent to an activating group) is 1. The second-order valence-corrected chi connectivity index (χ2v) is 17.9. The van der Waals surface area contributed by atoms with Crippen LogP contribution in [0.1, 0.15) is 86.7 Å². The smallest absolute Gasteiger partial charge is 0.419 e. The number of H-pyrrole nitrogens is 1. The molecule has 0 aliphatic carbocycles. The third kappa shape index (κ3) is 14.4. The highest BCUT2D eigenvalue weighted by Crippen LogP contribution is 2.33. The van der Waals surface area contributed by atoms with Gasteiger partial charge in [-0.15, -0.1) is 16.9 Å². The monoisotopic (exact) mass is 985 g/mol. The van der Waals surface area contributed by atoms with Gasteiger partial charge in [-0.2, -0.15) is 18.3 Å². The SMILES string of the molecule is CN1C(=O)[C@@H](NC(=O)c2n[nH]c(Cc3ccc(SCCCCCn4cc(C(=O)NCCCCc5ccc(OCc6ccc(F)c(C(F)(F)F)c6)c(CNCCO)c5)cn4)cc3)n2)COc2ccccc21. The van der Waals surface area contributed by atoms with Crippen molar-refractivity contribution in [2.75, 3.05) is 44.0 Å². The largest absolute Gasteiger partial charge is 0.489 e. The van der Waals surface area contributed by atoms with Gasteiger partial charge in [0.25, 0.3) is 17.7 Å². The van der Waals surface area contributed by atoms with Crippen LogP contribution in [0.15, 0.2) is 102 Å². The maximum atomic E-state index is 13.8. The number of halogens is 4. The number of anilines is 1. The molecule has 5 N–H and O–H groups in total. The minimum absolute atomic E-state index is 0.0136. The molecule has 0 fully saturated rings. The molecule has 1 aliphatic rings. The summed E-state index contributed by atoms with van der Waals surface area (Å²) in [4.78, 5) is 45.8. The number of rotatable bonds is 24. The highest BCUT2D eigenvalue weighted by atomic mass is 32.2. The lowest BCUT2D eigenvalue weighted by Crippen LogP contribution is -2.49. The Kier molecular flexibility index (Phi) is 18.0. The predicted octanol–water partition coefficient (Wildman–Crippen LogP) is 7.28. The number of benzene rings is 4. The number of aliphatic hydroxyl groups excluding tert-OH is 1. The zero-order chi connectivity index (χ0) is 49.5. The van der Waals surface area contributed by atoms with E-state index in [1.54, 1.807) is 54.1 Å². The number of hydrogen-bond donors (Lipinski definition) is 5. The number of nitrogens with one attached hydrogen (secondary N) is 4. The molecule has 6 aromatic rings. The third-order valence-electron chi connectivity index (χ3n) is 11.4. The van der Waals surface area contributed by atoms with E-state index < -0.39 is 29.5 Å². The Hall–Kier alpha value is -6.77. The van der Waals surface area contributed by atoms with Gasteiger partial charge in [-0.05, 0) is 97.0 Å². The van der Waals surface area contributed by atoms with Crippen molar-refractivity contribution >= 4 is 35.2 Å². The van der Waals surface area contributed by atoms with E-state index in [2.05, 4.69) is 48.4 Å². The van der Waals surface area contributed by atoms with E-state index in [9.17, 15) is 37.1 Å². The molecule has 1 aliphatic heterocycles. The van der Waals surface area contributed by atoms with Crippen molar-refractivity contribution in [1.29, 1.82) is 0 Å². The quantitative estimate of drug-likeness (QED) is 0.0233. The molecule has 20 heteroatoms. The Bertz CT molecular complexity index is 2700. The predicted molar refractivity (Wildman–Crippen MR) is 255 cm³/mol. The first kappa shape index (κ1) is 51.1. The first-order chi connectivity index (χ1) is 33.8. The first-order valence-electron chi connectivity index (χ1n) is 23.0. The number of alkyl halides is 3. The van der Waals surface area contributed by atoms with Crippen LogP contribution in [0.25, 0.3) is 0 Å². The summed E-state index contributed by atoms with van der Waals surface area (Å²) in [6.45, 7) is 1.62. The number of carbonyl (C=O) groups is 3. The molecule has 3 amide bonds. The fourth-order valence-corrected chi connectivity index (χ4v) is 8.58. The first-order valence-corrected chi connectivity index (χ1v) is 24.0. The molecule has 15 nitrogen and oxygen atoms in total. The van der Waals surface area contributed by atoms with Gasteiger partial charge in [0.05, 0.1) is 29.6 Å². The van der Waals surface area contributed by atoms with Gasteiger partial charge in [-0.25, -0.2) is 9.37 Å². The molecular weight excluding hydrogens is 931 g/mol.